The van der Waals surface area contributed by atoms with Gasteiger partial charge in [-0.05, 0) is 5.92 Å². The monoisotopic (exact) mass is 182 g/mol. The molecule has 2 aliphatic heterocycles. The lowest BCUT2D eigenvalue weighted by atomic mass is 9.74. The molecule has 2 saturated heterocycles. The first-order valence-corrected chi connectivity index (χ1v) is 5.10. The molecule has 2 fully saturated rings. The van der Waals surface area contributed by atoms with Gasteiger partial charge >= 0.3 is 0 Å². The molecule has 0 atom stereocenters. The van der Waals surface area contributed by atoms with Crippen molar-refractivity contribution in [2.24, 2.45) is 11.3 Å². The van der Waals surface area contributed by atoms with Crippen LogP contribution in [0.1, 0.15) is 20.3 Å². The minimum absolute atomic E-state index is 0.340. The van der Waals surface area contributed by atoms with Crippen LogP contribution < -0.4 is 5.32 Å². The summed E-state index contributed by atoms with van der Waals surface area (Å²) in [5.41, 5.74) is 0.479. The number of hydrogen-bond donors (Lipinski definition) is 1. The predicted octanol–water partition coefficient (Wildman–Crippen LogP) is 0.464. The molecular weight excluding hydrogens is 164 g/mol. The molecule has 0 aromatic rings. The lowest BCUT2D eigenvalue weighted by Gasteiger charge is -2.56. The molecule has 2 heterocycles. The summed E-state index contributed by atoms with van der Waals surface area (Å²) in [6, 6.07) is 0. The van der Waals surface area contributed by atoms with E-state index in [1.54, 1.807) is 0 Å². The second kappa shape index (κ2) is 2.98. The summed E-state index contributed by atoms with van der Waals surface area (Å²) in [6.07, 6.45) is 0.712. The summed E-state index contributed by atoms with van der Waals surface area (Å²) >= 11 is 0. The van der Waals surface area contributed by atoms with Crippen molar-refractivity contribution in [3.8, 4) is 0 Å². The van der Waals surface area contributed by atoms with E-state index < -0.39 is 0 Å². The van der Waals surface area contributed by atoms with Crippen LogP contribution in [0, 0.1) is 11.3 Å². The van der Waals surface area contributed by atoms with Gasteiger partial charge in [-0.25, -0.2) is 0 Å². The van der Waals surface area contributed by atoms with Crippen molar-refractivity contribution in [1.82, 2.24) is 10.2 Å². The SMILES string of the molecule is CC(C)CC(=O)N1CC2(CNC2)C1. The largest absolute Gasteiger partial charge is 0.341 e. The van der Waals surface area contributed by atoms with E-state index in [-0.39, 0.29) is 0 Å². The Kier molecular flexibility index (Phi) is 2.06. The van der Waals surface area contributed by atoms with E-state index in [4.69, 9.17) is 0 Å². The summed E-state index contributed by atoms with van der Waals surface area (Å²) in [4.78, 5) is 13.6. The van der Waals surface area contributed by atoms with E-state index in [1.807, 2.05) is 4.90 Å². The second-order valence-electron chi connectivity index (χ2n) is 4.95. The van der Waals surface area contributed by atoms with Gasteiger partial charge in [-0.2, -0.15) is 0 Å². The van der Waals surface area contributed by atoms with E-state index in [0.717, 1.165) is 26.2 Å². The molecule has 2 aliphatic rings. The third-order valence-electron chi connectivity index (χ3n) is 2.99. The highest BCUT2D eigenvalue weighted by Crippen LogP contribution is 2.34. The Bertz CT molecular complexity index is 213. The average molecular weight is 182 g/mol. The summed E-state index contributed by atoms with van der Waals surface area (Å²) in [7, 11) is 0. The van der Waals surface area contributed by atoms with Crippen molar-refractivity contribution in [3.05, 3.63) is 0 Å². The van der Waals surface area contributed by atoms with Crippen LogP contribution in [-0.4, -0.2) is 37.0 Å². The van der Waals surface area contributed by atoms with E-state index in [9.17, 15) is 4.79 Å². The molecular formula is C10H18N2O. The molecule has 1 spiro atoms. The first-order valence-electron chi connectivity index (χ1n) is 5.10. The second-order valence-corrected chi connectivity index (χ2v) is 4.95. The standard InChI is InChI=1S/C10H18N2O/c1-8(2)3-9(13)12-6-10(7-12)4-11-5-10/h8,11H,3-7H2,1-2H3. The zero-order chi connectivity index (χ0) is 9.47. The van der Waals surface area contributed by atoms with Gasteiger partial charge in [0, 0.05) is 38.0 Å². The highest BCUT2D eigenvalue weighted by molar-refractivity contribution is 5.77. The summed E-state index contributed by atoms with van der Waals surface area (Å²) < 4.78 is 0. The van der Waals surface area contributed by atoms with Crippen molar-refractivity contribution in [3.63, 3.8) is 0 Å². The zero-order valence-corrected chi connectivity index (χ0v) is 8.47. The average Bonchev–Trinajstić information content (AvgIpc) is 1.77. The molecule has 13 heavy (non-hydrogen) atoms. The predicted molar refractivity (Wildman–Crippen MR) is 51.3 cm³/mol. The fourth-order valence-corrected chi connectivity index (χ4v) is 2.12. The number of amides is 1. The van der Waals surface area contributed by atoms with Crippen LogP contribution in [0.4, 0.5) is 0 Å². The molecule has 1 amide bonds. The van der Waals surface area contributed by atoms with E-state index in [1.165, 1.54) is 0 Å². The molecule has 0 aromatic heterocycles. The number of carbonyl (C=O) groups is 1. The molecule has 0 unspecified atom stereocenters. The van der Waals surface area contributed by atoms with Gasteiger partial charge in [-0.1, -0.05) is 13.8 Å². The number of rotatable bonds is 2. The van der Waals surface area contributed by atoms with Gasteiger partial charge < -0.3 is 10.2 Å². The topological polar surface area (TPSA) is 32.3 Å². The highest BCUT2D eigenvalue weighted by atomic mass is 16.2. The van der Waals surface area contributed by atoms with E-state index in [0.29, 0.717) is 23.7 Å². The fourth-order valence-electron chi connectivity index (χ4n) is 2.12. The number of likely N-dealkylation sites (tertiary alicyclic amines) is 1. The van der Waals surface area contributed by atoms with Gasteiger partial charge in [0.2, 0.25) is 5.91 Å². The maximum absolute atomic E-state index is 11.6. The minimum atomic E-state index is 0.340. The van der Waals surface area contributed by atoms with Gasteiger partial charge in [-0.3, -0.25) is 4.79 Å². The Morgan fingerprint density at radius 2 is 2.08 bits per heavy atom. The van der Waals surface area contributed by atoms with Crippen molar-refractivity contribution in [1.29, 1.82) is 0 Å². The summed E-state index contributed by atoms with van der Waals surface area (Å²) in [5, 5.41) is 3.27. The third-order valence-corrected chi connectivity index (χ3v) is 2.99. The van der Waals surface area contributed by atoms with Gasteiger partial charge in [-0.15, -0.1) is 0 Å². The van der Waals surface area contributed by atoms with Crippen molar-refractivity contribution < 1.29 is 4.79 Å². The van der Waals surface area contributed by atoms with Crippen LogP contribution in [-0.2, 0) is 4.79 Å². The van der Waals surface area contributed by atoms with Crippen LogP contribution >= 0.6 is 0 Å². The Hall–Kier alpha value is -0.570. The molecule has 0 radical (unpaired) electrons. The summed E-state index contributed by atoms with van der Waals surface area (Å²) in [6.45, 7) is 8.39. The van der Waals surface area contributed by atoms with Gasteiger partial charge in [0.15, 0.2) is 0 Å². The molecule has 0 bridgehead atoms. The Morgan fingerprint density at radius 3 is 2.46 bits per heavy atom. The lowest BCUT2D eigenvalue weighted by Crippen LogP contribution is -2.71. The smallest absolute Gasteiger partial charge is 0.222 e. The molecule has 0 aliphatic carbocycles. The number of carbonyl (C=O) groups excluding carboxylic acids is 1. The molecule has 3 heteroatoms. The number of nitrogens with zero attached hydrogens (tertiary/aromatic N) is 1. The van der Waals surface area contributed by atoms with Crippen LogP contribution in [0.3, 0.4) is 0 Å². The van der Waals surface area contributed by atoms with Crippen molar-refractivity contribution in [2.75, 3.05) is 26.2 Å². The molecule has 0 saturated carbocycles. The minimum Gasteiger partial charge on any atom is -0.341 e. The quantitative estimate of drug-likeness (QED) is 0.673. The van der Waals surface area contributed by atoms with E-state index in [2.05, 4.69) is 19.2 Å². The lowest BCUT2D eigenvalue weighted by molar-refractivity contribution is -0.147. The molecule has 2 rings (SSSR count). The first-order chi connectivity index (χ1) is 6.11. The van der Waals surface area contributed by atoms with Crippen molar-refractivity contribution in [2.45, 2.75) is 20.3 Å². The summed E-state index contributed by atoms with van der Waals surface area (Å²) in [5.74, 6) is 0.830. The normalized spacial score (nSPS) is 24.4. The van der Waals surface area contributed by atoms with Crippen LogP contribution in [0.5, 0.6) is 0 Å². The fraction of sp³-hybridized carbons (Fsp3) is 0.900. The van der Waals surface area contributed by atoms with Gasteiger partial charge in [0.25, 0.3) is 0 Å². The zero-order valence-electron chi connectivity index (χ0n) is 8.47. The van der Waals surface area contributed by atoms with Crippen LogP contribution in [0.25, 0.3) is 0 Å². The maximum Gasteiger partial charge on any atom is 0.222 e. The van der Waals surface area contributed by atoms with Crippen LogP contribution in [0.15, 0.2) is 0 Å². The Labute approximate surface area is 79.5 Å². The molecule has 1 N–H and O–H groups in total. The highest BCUT2D eigenvalue weighted by Gasteiger charge is 2.48. The Morgan fingerprint density at radius 1 is 1.46 bits per heavy atom. The Balaban J connectivity index is 1.76. The van der Waals surface area contributed by atoms with Gasteiger partial charge in [0.1, 0.15) is 0 Å². The molecule has 3 nitrogen and oxygen atoms in total. The van der Waals surface area contributed by atoms with Crippen molar-refractivity contribution >= 4 is 5.91 Å². The number of nitrogens with one attached hydrogen (secondary N) is 1. The first kappa shape index (κ1) is 9.00. The van der Waals surface area contributed by atoms with Gasteiger partial charge in [0.05, 0.1) is 0 Å². The van der Waals surface area contributed by atoms with E-state index >= 15 is 0 Å². The third kappa shape index (κ3) is 1.57. The molecule has 0 aromatic carbocycles. The number of hydrogen-bond acceptors (Lipinski definition) is 2. The molecule has 74 valence electrons. The van der Waals surface area contributed by atoms with Crippen LogP contribution in [0.2, 0.25) is 0 Å². The maximum atomic E-state index is 11.6.